The van der Waals surface area contributed by atoms with Crippen LogP contribution in [0.15, 0.2) is 18.5 Å². The van der Waals surface area contributed by atoms with Gasteiger partial charge in [-0.2, -0.15) is 0 Å². The highest BCUT2D eigenvalue weighted by molar-refractivity contribution is 5.94. The minimum atomic E-state index is -0.915. The maximum Gasteiger partial charge on any atom is 0.337 e. The van der Waals surface area contributed by atoms with E-state index in [0.29, 0.717) is 11.3 Å². The predicted octanol–water partition coefficient (Wildman–Crippen LogP) is 1.17. The highest BCUT2D eigenvalue weighted by Gasteiger charge is 2.12. The molecule has 1 heterocycles. The monoisotopic (exact) mass is 237 g/mol. The SMILES string of the molecule is CN(C)CCCN(C)c1cnccc1C(=O)O. The first-order valence-corrected chi connectivity index (χ1v) is 5.55. The molecule has 0 atom stereocenters. The molecule has 0 aliphatic rings. The molecule has 5 nitrogen and oxygen atoms in total. The maximum atomic E-state index is 11.0. The van der Waals surface area contributed by atoms with Crippen LogP contribution in [0.4, 0.5) is 5.69 Å². The number of aromatic nitrogens is 1. The normalized spacial score (nSPS) is 10.6. The zero-order valence-corrected chi connectivity index (χ0v) is 10.6. The van der Waals surface area contributed by atoms with Crippen LogP contribution in [-0.4, -0.2) is 55.2 Å². The molecule has 0 bridgehead atoms. The first kappa shape index (κ1) is 13.4. The van der Waals surface area contributed by atoms with Gasteiger partial charge in [0.25, 0.3) is 0 Å². The van der Waals surface area contributed by atoms with Crippen molar-refractivity contribution in [3.8, 4) is 0 Å². The van der Waals surface area contributed by atoms with E-state index in [1.165, 1.54) is 12.3 Å². The Bertz CT molecular complexity index is 380. The number of nitrogens with zero attached hydrogens (tertiary/aromatic N) is 3. The van der Waals surface area contributed by atoms with E-state index in [2.05, 4.69) is 9.88 Å². The molecular weight excluding hydrogens is 218 g/mol. The fourth-order valence-corrected chi connectivity index (χ4v) is 1.62. The van der Waals surface area contributed by atoms with Crippen LogP contribution < -0.4 is 4.90 Å². The molecule has 1 aromatic heterocycles. The second-order valence-electron chi connectivity index (χ2n) is 4.28. The van der Waals surface area contributed by atoms with E-state index in [1.54, 1.807) is 6.20 Å². The van der Waals surface area contributed by atoms with Crippen molar-refractivity contribution in [2.75, 3.05) is 39.1 Å². The van der Waals surface area contributed by atoms with Gasteiger partial charge < -0.3 is 14.9 Å². The van der Waals surface area contributed by atoms with E-state index in [9.17, 15) is 4.79 Å². The molecule has 17 heavy (non-hydrogen) atoms. The zero-order valence-electron chi connectivity index (χ0n) is 10.6. The summed E-state index contributed by atoms with van der Waals surface area (Å²) in [6.07, 6.45) is 4.08. The van der Waals surface area contributed by atoms with Crippen molar-refractivity contribution in [3.05, 3.63) is 24.0 Å². The lowest BCUT2D eigenvalue weighted by molar-refractivity contribution is 0.0697. The van der Waals surface area contributed by atoms with Gasteiger partial charge in [0, 0.05) is 19.8 Å². The molecule has 0 amide bonds. The molecule has 0 spiro atoms. The lowest BCUT2D eigenvalue weighted by Gasteiger charge is -2.21. The third-order valence-corrected chi connectivity index (χ3v) is 2.54. The van der Waals surface area contributed by atoms with Gasteiger partial charge in [0.1, 0.15) is 0 Å². The molecule has 0 aliphatic heterocycles. The number of hydrogen-bond acceptors (Lipinski definition) is 4. The van der Waals surface area contributed by atoms with Crippen molar-refractivity contribution in [1.29, 1.82) is 0 Å². The third-order valence-electron chi connectivity index (χ3n) is 2.54. The molecule has 0 aromatic carbocycles. The van der Waals surface area contributed by atoms with Crippen molar-refractivity contribution >= 4 is 11.7 Å². The average Bonchev–Trinajstić information content (AvgIpc) is 2.28. The smallest absolute Gasteiger partial charge is 0.337 e. The quantitative estimate of drug-likeness (QED) is 0.804. The van der Waals surface area contributed by atoms with Gasteiger partial charge >= 0.3 is 5.97 Å². The molecule has 5 heteroatoms. The summed E-state index contributed by atoms with van der Waals surface area (Å²) in [4.78, 5) is 19.1. The van der Waals surface area contributed by atoms with Crippen molar-refractivity contribution < 1.29 is 9.90 Å². The Kier molecular flexibility index (Phi) is 4.90. The number of pyridine rings is 1. The largest absolute Gasteiger partial charge is 0.478 e. The molecule has 0 saturated heterocycles. The Morgan fingerprint density at radius 3 is 2.65 bits per heavy atom. The Labute approximate surface area is 102 Å². The number of rotatable bonds is 6. The molecule has 0 aliphatic carbocycles. The molecule has 0 saturated carbocycles. The van der Waals surface area contributed by atoms with Crippen molar-refractivity contribution in [2.45, 2.75) is 6.42 Å². The van der Waals surface area contributed by atoms with Gasteiger partial charge in [-0.1, -0.05) is 0 Å². The first-order chi connectivity index (χ1) is 8.02. The standard InChI is InChI=1S/C12H19N3O2/c1-14(2)7-4-8-15(3)11-9-13-6-5-10(11)12(16)17/h5-6,9H,4,7-8H2,1-3H3,(H,16,17). The summed E-state index contributed by atoms with van der Waals surface area (Å²) in [6, 6.07) is 1.53. The van der Waals surface area contributed by atoms with Crippen molar-refractivity contribution in [2.24, 2.45) is 0 Å². The Morgan fingerprint density at radius 1 is 1.35 bits per heavy atom. The third kappa shape index (κ3) is 4.03. The first-order valence-electron chi connectivity index (χ1n) is 5.55. The number of aromatic carboxylic acids is 1. The van der Waals surface area contributed by atoms with Crippen LogP contribution in [0.25, 0.3) is 0 Å². The van der Waals surface area contributed by atoms with Crippen LogP contribution in [0.3, 0.4) is 0 Å². The molecule has 0 fully saturated rings. The average molecular weight is 237 g/mol. The number of carboxylic acid groups (broad SMARTS) is 1. The van der Waals surface area contributed by atoms with Gasteiger partial charge in [-0.3, -0.25) is 4.98 Å². The highest BCUT2D eigenvalue weighted by Crippen LogP contribution is 2.17. The second-order valence-corrected chi connectivity index (χ2v) is 4.28. The highest BCUT2D eigenvalue weighted by atomic mass is 16.4. The summed E-state index contributed by atoms with van der Waals surface area (Å²) in [5.41, 5.74) is 0.964. The van der Waals surface area contributed by atoms with E-state index in [0.717, 1.165) is 19.5 Å². The Balaban J connectivity index is 2.68. The summed E-state index contributed by atoms with van der Waals surface area (Å²) < 4.78 is 0. The Hall–Kier alpha value is -1.62. The number of anilines is 1. The van der Waals surface area contributed by atoms with Gasteiger partial charge in [0.05, 0.1) is 17.4 Å². The van der Waals surface area contributed by atoms with Crippen LogP contribution in [0.5, 0.6) is 0 Å². The zero-order chi connectivity index (χ0) is 12.8. The van der Waals surface area contributed by atoms with Crippen LogP contribution in [0.2, 0.25) is 0 Å². The molecule has 94 valence electrons. The topological polar surface area (TPSA) is 56.7 Å². The summed E-state index contributed by atoms with van der Waals surface area (Å²) in [5, 5.41) is 9.07. The fraction of sp³-hybridized carbons (Fsp3) is 0.500. The molecular formula is C12H19N3O2. The van der Waals surface area contributed by atoms with Gasteiger partial charge in [-0.25, -0.2) is 4.79 Å². The van der Waals surface area contributed by atoms with Crippen LogP contribution in [-0.2, 0) is 0 Å². The lowest BCUT2D eigenvalue weighted by atomic mass is 10.2. The number of hydrogen-bond donors (Lipinski definition) is 1. The van der Waals surface area contributed by atoms with Crippen LogP contribution in [0, 0.1) is 0 Å². The summed E-state index contributed by atoms with van der Waals surface area (Å²) in [5.74, 6) is -0.915. The minimum absolute atomic E-state index is 0.298. The number of carbonyl (C=O) groups is 1. The second kappa shape index (κ2) is 6.20. The van der Waals surface area contributed by atoms with Gasteiger partial charge in [0.15, 0.2) is 0 Å². The molecule has 1 N–H and O–H groups in total. The molecule has 1 rings (SSSR count). The number of carboxylic acids is 1. The van der Waals surface area contributed by atoms with Gasteiger partial charge in [-0.05, 0) is 33.1 Å². The van der Waals surface area contributed by atoms with E-state index >= 15 is 0 Å². The molecule has 0 radical (unpaired) electrons. The fourth-order valence-electron chi connectivity index (χ4n) is 1.62. The van der Waals surface area contributed by atoms with E-state index in [1.807, 2.05) is 26.0 Å². The van der Waals surface area contributed by atoms with Crippen LogP contribution >= 0.6 is 0 Å². The van der Waals surface area contributed by atoms with Crippen molar-refractivity contribution in [3.63, 3.8) is 0 Å². The van der Waals surface area contributed by atoms with Crippen LogP contribution in [0.1, 0.15) is 16.8 Å². The predicted molar refractivity (Wildman–Crippen MR) is 67.6 cm³/mol. The summed E-state index contributed by atoms with van der Waals surface area (Å²) in [6.45, 7) is 1.79. The van der Waals surface area contributed by atoms with Gasteiger partial charge in [-0.15, -0.1) is 0 Å². The Morgan fingerprint density at radius 2 is 2.06 bits per heavy atom. The minimum Gasteiger partial charge on any atom is -0.478 e. The molecule has 0 unspecified atom stereocenters. The molecule has 1 aromatic rings. The maximum absolute atomic E-state index is 11.0. The van der Waals surface area contributed by atoms with E-state index in [-0.39, 0.29) is 0 Å². The van der Waals surface area contributed by atoms with Gasteiger partial charge in [0.2, 0.25) is 0 Å². The summed E-state index contributed by atoms with van der Waals surface area (Å²) in [7, 11) is 5.93. The lowest BCUT2D eigenvalue weighted by Crippen LogP contribution is -2.24. The van der Waals surface area contributed by atoms with E-state index < -0.39 is 5.97 Å². The summed E-state index contributed by atoms with van der Waals surface area (Å²) >= 11 is 0. The van der Waals surface area contributed by atoms with Crippen molar-refractivity contribution in [1.82, 2.24) is 9.88 Å². The van der Waals surface area contributed by atoms with E-state index in [4.69, 9.17) is 5.11 Å².